The lowest BCUT2D eigenvalue weighted by Gasteiger charge is -2.18. The average Bonchev–Trinajstić information content (AvgIpc) is 2.90. The van der Waals surface area contributed by atoms with E-state index in [1.54, 1.807) is 19.1 Å². The number of fused-ring (bicyclic) bond motifs is 1. The third kappa shape index (κ3) is 3.77. The van der Waals surface area contributed by atoms with Crippen LogP contribution in [0.5, 0.6) is 11.5 Å². The summed E-state index contributed by atoms with van der Waals surface area (Å²) in [5.74, 6) is 1.48. The first kappa shape index (κ1) is 14.5. The highest BCUT2D eigenvalue weighted by Crippen LogP contribution is 2.32. The van der Waals surface area contributed by atoms with Gasteiger partial charge in [-0.05, 0) is 24.1 Å². The maximum Gasteiger partial charge on any atom is 0.317 e. The third-order valence-electron chi connectivity index (χ3n) is 3.00. The number of benzene rings is 1. The highest BCUT2D eigenvalue weighted by Gasteiger charge is 2.15. The largest absolute Gasteiger partial charge is 0.454 e. The Balaban J connectivity index is 1.81. The van der Waals surface area contributed by atoms with Crippen molar-refractivity contribution < 1.29 is 19.0 Å². The van der Waals surface area contributed by atoms with E-state index in [4.69, 9.17) is 14.2 Å². The number of hydrogen-bond donors (Lipinski definition) is 1. The lowest BCUT2D eigenvalue weighted by molar-refractivity contribution is 0.174. The molecule has 6 heteroatoms. The van der Waals surface area contributed by atoms with Gasteiger partial charge in [0.25, 0.3) is 0 Å². The number of nitrogens with one attached hydrogen (secondary N) is 1. The van der Waals surface area contributed by atoms with Crippen molar-refractivity contribution in [3.63, 3.8) is 0 Å². The molecule has 0 aromatic heterocycles. The first-order valence-corrected chi connectivity index (χ1v) is 6.57. The molecule has 2 rings (SSSR count). The number of hydrogen-bond acceptors (Lipinski definition) is 4. The Morgan fingerprint density at radius 1 is 1.40 bits per heavy atom. The van der Waals surface area contributed by atoms with E-state index >= 15 is 0 Å². The molecule has 1 heterocycles. The predicted octanol–water partition coefficient (Wildman–Crippen LogP) is 1.59. The number of urea groups is 1. The molecular formula is C14H20N2O4. The Labute approximate surface area is 118 Å². The molecule has 0 unspecified atom stereocenters. The van der Waals surface area contributed by atoms with Crippen molar-refractivity contribution in [2.24, 2.45) is 0 Å². The van der Waals surface area contributed by atoms with Gasteiger partial charge in [0.1, 0.15) is 0 Å². The van der Waals surface area contributed by atoms with Crippen molar-refractivity contribution in [3.05, 3.63) is 23.8 Å². The molecule has 0 fully saturated rings. The first-order chi connectivity index (χ1) is 9.70. The third-order valence-corrected chi connectivity index (χ3v) is 3.00. The van der Waals surface area contributed by atoms with Gasteiger partial charge in [0.05, 0.1) is 0 Å². The Hall–Kier alpha value is -1.95. The van der Waals surface area contributed by atoms with Crippen LogP contribution < -0.4 is 14.8 Å². The van der Waals surface area contributed by atoms with E-state index in [-0.39, 0.29) is 12.8 Å². The lowest BCUT2D eigenvalue weighted by atomic mass is 10.2. The van der Waals surface area contributed by atoms with Crippen LogP contribution in [0.2, 0.25) is 0 Å². The molecule has 110 valence electrons. The summed E-state index contributed by atoms with van der Waals surface area (Å²) in [5, 5.41) is 2.84. The van der Waals surface area contributed by atoms with Gasteiger partial charge in [0, 0.05) is 33.9 Å². The van der Waals surface area contributed by atoms with Crippen LogP contribution in [-0.4, -0.2) is 45.0 Å². The zero-order valence-electron chi connectivity index (χ0n) is 11.8. The van der Waals surface area contributed by atoms with Crippen molar-refractivity contribution >= 4 is 6.03 Å². The Morgan fingerprint density at radius 3 is 3.00 bits per heavy atom. The Bertz CT molecular complexity index is 464. The smallest absolute Gasteiger partial charge is 0.317 e. The molecular weight excluding hydrogens is 260 g/mol. The molecule has 0 spiro atoms. The van der Waals surface area contributed by atoms with E-state index in [0.29, 0.717) is 19.7 Å². The van der Waals surface area contributed by atoms with Gasteiger partial charge in [-0.25, -0.2) is 4.79 Å². The van der Waals surface area contributed by atoms with Crippen LogP contribution in [0, 0.1) is 0 Å². The number of carbonyl (C=O) groups excluding carboxylic acids is 1. The van der Waals surface area contributed by atoms with Crippen LogP contribution in [-0.2, 0) is 11.3 Å². The van der Waals surface area contributed by atoms with E-state index in [1.165, 1.54) is 0 Å². The summed E-state index contributed by atoms with van der Waals surface area (Å²) in [4.78, 5) is 13.5. The van der Waals surface area contributed by atoms with Gasteiger partial charge in [0.15, 0.2) is 11.5 Å². The molecule has 1 aromatic carbocycles. The zero-order chi connectivity index (χ0) is 14.4. The predicted molar refractivity (Wildman–Crippen MR) is 73.9 cm³/mol. The summed E-state index contributed by atoms with van der Waals surface area (Å²) in [6, 6.07) is 5.60. The van der Waals surface area contributed by atoms with Crippen LogP contribution in [0.1, 0.15) is 12.0 Å². The summed E-state index contributed by atoms with van der Waals surface area (Å²) in [6.07, 6.45) is 0.806. The highest BCUT2D eigenvalue weighted by molar-refractivity contribution is 5.73. The van der Waals surface area contributed by atoms with Crippen molar-refractivity contribution in [1.82, 2.24) is 10.2 Å². The molecule has 6 nitrogen and oxygen atoms in total. The maximum atomic E-state index is 11.9. The van der Waals surface area contributed by atoms with Gasteiger partial charge in [-0.3, -0.25) is 0 Å². The van der Waals surface area contributed by atoms with E-state index in [9.17, 15) is 4.79 Å². The van der Waals surface area contributed by atoms with Gasteiger partial charge < -0.3 is 24.4 Å². The first-order valence-electron chi connectivity index (χ1n) is 6.57. The van der Waals surface area contributed by atoms with E-state index in [0.717, 1.165) is 23.5 Å². The molecule has 1 aromatic rings. The summed E-state index contributed by atoms with van der Waals surface area (Å²) < 4.78 is 15.5. The molecule has 2 amide bonds. The monoisotopic (exact) mass is 280 g/mol. The van der Waals surface area contributed by atoms with Crippen molar-refractivity contribution in [1.29, 1.82) is 0 Å². The summed E-state index contributed by atoms with van der Waals surface area (Å²) >= 11 is 0. The van der Waals surface area contributed by atoms with Gasteiger partial charge in [-0.15, -0.1) is 0 Å². The normalized spacial score (nSPS) is 12.3. The van der Waals surface area contributed by atoms with Crippen molar-refractivity contribution in [3.8, 4) is 11.5 Å². The van der Waals surface area contributed by atoms with Crippen LogP contribution in [0.4, 0.5) is 4.79 Å². The number of rotatable bonds is 6. The molecule has 0 radical (unpaired) electrons. The second-order valence-electron chi connectivity index (χ2n) is 4.62. The standard InChI is InChI=1S/C14H20N2O4/c1-16(14(17)15-6-3-7-18-2)9-11-4-5-12-13(8-11)20-10-19-12/h4-5,8H,3,6-7,9-10H2,1-2H3,(H,15,17). The minimum Gasteiger partial charge on any atom is -0.454 e. The quantitative estimate of drug-likeness (QED) is 0.804. The zero-order valence-corrected chi connectivity index (χ0v) is 11.8. The maximum absolute atomic E-state index is 11.9. The van der Waals surface area contributed by atoms with E-state index in [1.807, 2.05) is 18.2 Å². The van der Waals surface area contributed by atoms with E-state index in [2.05, 4.69) is 5.32 Å². The summed E-state index contributed by atoms with van der Waals surface area (Å²) in [6.45, 7) is 2.03. The second kappa shape index (κ2) is 7.00. The van der Waals surface area contributed by atoms with Gasteiger partial charge >= 0.3 is 6.03 Å². The molecule has 1 aliphatic rings. The molecule has 0 aliphatic carbocycles. The fourth-order valence-corrected chi connectivity index (χ4v) is 1.93. The minimum atomic E-state index is -0.0984. The number of amides is 2. The van der Waals surface area contributed by atoms with E-state index < -0.39 is 0 Å². The molecule has 1 N–H and O–H groups in total. The van der Waals surface area contributed by atoms with Crippen LogP contribution in [0.25, 0.3) is 0 Å². The molecule has 1 aliphatic heterocycles. The van der Waals surface area contributed by atoms with Crippen molar-refractivity contribution in [2.75, 3.05) is 34.1 Å². The lowest BCUT2D eigenvalue weighted by Crippen LogP contribution is -2.37. The number of carbonyl (C=O) groups is 1. The molecule has 0 saturated heterocycles. The molecule has 0 bridgehead atoms. The van der Waals surface area contributed by atoms with Gasteiger partial charge in [0.2, 0.25) is 6.79 Å². The van der Waals surface area contributed by atoms with Crippen LogP contribution in [0.3, 0.4) is 0 Å². The highest BCUT2D eigenvalue weighted by atomic mass is 16.7. The summed E-state index contributed by atoms with van der Waals surface area (Å²) in [5.41, 5.74) is 1.00. The Morgan fingerprint density at radius 2 is 2.20 bits per heavy atom. The number of nitrogens with zero attached hydrogens (tertiary/aromatic N) is 1. The fourth-order valence-electron chi connectivity index (χ4n) is 1.93. The SMILES string of the molecule is COCCCNC(=O)N(C)Cc1ccc2c(c1)OCO2. The van der Waals surface area contributed by atoms with Crippen LogP contribution >= 0.6 is 0 Å². The molecule has 0 atom stereocenters. The average molecular weight is 280 g/mol. The van der Waals surface area contributed by atoms with Gasteiger partial charge in [-0.2, -0.15) is 0 Å². The van der Waals surface area contributed by atoms with Crippen LogP contribution in [0.15, 0.2) is 18.2 Å². The number of ether oxygens (including phenoxy) is 3. The Kier molecular flexibility index (Phi) is 5.06. The topological polar surface area (TPSA) is 60.0 Å². The fraction of sp³-hybridized carbons (Fsp3) is 0.500. The van der Waals surface area contributed by atoms with Gasteiger partial charge in [-0.1, -0.05) is 6.07 Å². The summed E-state index contributed by atoms with van der Waals surface area (Å²) in [7, 11) is 3.41. The molecule has 0 saturated carbocycles. The minimum absolute atomic E-state index is 0.0984. The van der Waals surface area contributed by atoms with Crippen molar-refractivity contribution in [2.45, 2.75) is 13.0 Å². The number of methoxy groups -OCH3 is 1. The molecule has 20 heavy (non-hydrogen) atoms. The second-order valence-corrected chi connectivity index (χ2v) is 4.62.